The number of hydrazone groups is 1. The number of rotatable bonds is 6. The largest absolute Gasteiger partial charge is 0.490 e. The molecule has 2 aromatic carbocycles. The maximum absolute atomic E-state index is 11.6. The van der Waals surface area contributed by atoms with E-state index in [1.807, 2.05) is 42.5 Å². The summed E-state index contributed by atoms with van der Waals surface area (Å²) in [4.78, 5) is 11.6. The first-order valence-electron chi connectivity index (χ1n) is 6.77. The zero-order valence-corrected chi connectivity index (χ0v) is 12.0. The number of anilines is 1. The van der Waals surface area contributed by atoms with E-state index >= 15 is 0 Å². The standard InChI is InChI=1S/C17H17N3O2/c1-2-11-22-16-10-6-7-14(12-16)13-18-20-17(21)19-15-8-4-3-5-9-15/h2-10,12-13H,1,11H2,(H2,19,20,21)/b18-13-. The van der Waals surface area contributed by atoms with Gasteiger partial charge in [-0.1, -0.05) is 43.0 Å². The van der Waals surface area contributed by atoms with E-state index in [2.05, 4.69) is 22.4 Å². The molecule has 0 aromatic heterocycles. The number of ether oxygens (including phenoxy) is 1. The van der Waals surface area contributed by atoms with Crippen molar-refractivity contribution in [3.05, 3.63) is 72.8 Å². The van der Waals surface area contributed by atoms with Crippen LogP contribution >= 0.6 is 0 Å². The van der Waals surface area contributed by atoms with Gasteiger partial charge in [0.25, 0.3) is 0 Å². The Morgan fingerprint density at radius 1 is 1.18 bits per heavy atom. The summed E-state index contributed by atoms with van der Waals surface area (Å²) >= 11 is 0. The van der Waals surface area contributed by atoms with Gasteiger partial charge in [0.15, 0.2) is 0 Å². The second-order valence-corrected chi connectivity index (χ2v) is 4.36. The molecule has 2 amide bonds. The fourth-order valence-electron chi connectivity index (χ4n) is 1.69. The second-order valence-electron chi connectivity index (χ2n) is 4.36. The van der Waals surface area contributed by atoms with Gasteiger partial charge in [-0.15, -0.1) is 0 Å². The van der Waals surface area contributed by atoms with E-state index in [1.54, 1.807) is 24.4 Å². The van der Waals surface area contributed by atoms with E-state index in [0.717, 1.165) is 11.3 Å². The lowest BCUT2D eigenvalue weighted by Crippen LogP contribution is -2.24. The number of amides is 2. The quantitative estimate of drug-likeness (QED) is 0.487. The highest BCUT2D eigenvalue weighted by Crippen LogP contribution is 2.11. The minimum absolute atomic E-state index is 0.401. The number of urea groups is 1. The summed E-state index contributed by atoms with van der Waals surface area (Å²) in [6.07, 6.45) is 3.22. The van der Waals surface area contributed by atoms with Crippen molar-refractivity contribution in [2.45, 2.75) is 0 Å². The normalized spacial score (nSPS) is 10.2. The maximum Gasteiger partial charge on any atom is 0.339 e. The van der Waals surface area contributed by atoms with Crippen LogP contribution in [0.5, 0.6) is 5.75 Å². The van der Waals surface area contributed by atoms with Crippen molar-refractivity contribution < 1.29 is 9.53 Å². The lowest BCUT2D eigenvalue weighted by Gasteiger charge is -2.04. The Morgan fingerprint density at radius 2 is 2.00 bits per heavy atom. The Bertz CT molecular complexity index is 654. The molecule has 0 spiro atoms. The van der Waals surface area contributed by atoms with Crippen molar-refractivity contribution in [3.8, 4) is 5.75 Å². The predicted molar refractivity (Wildman–Crippen MR) is 88.3 cm³/mol. The van der Waals surface area contributed by atoms with Crippen molar-refractivity contribution >= 4 is 17.9 Å². The van der Waals surface area contributed by atoms with Crippen molar-refractivity contribution in [1.29, 1.82) is 0 Å². The summed E-state index contributed by atoms with van der Waals surface area (Å²) in [5.41, 5.74) is 3.93. The van der Waals surface area contributed by atoms with E-state index in [9.17, 15) is 4.79 Å². The van der Waals surface area contributed by atoms with Crippen LogP contribution in [0.25, 0.3) is 0 Å². The average Bonchev–Trinajstić information content (AvgIpc) is 2.54. The number of hydrogen-bond acceptors (Lipinski definition) is 3. The zero-order valence-electron chi connectivity index (χ0n) is 12.0. The molecule has 5 heteroatoms. The minimum atomic E-state index is -0.401. The van der Waals surface area contributed by atoms with E-state index in [1.165, 1.54) is 0 Å². The molecule has 0 aliphatic carbocycles. The van der Waals surface area contributed by atoms with Crippen LogP contribution in [0.4, 0.5) is 10.5 Å². The number of para-hydroxylation sites is 1. The summed E-state index contributed by atoms with van der Waals surface area (Å²) in [5, 5.41) is 6.56. The van der Waals surface area contributed by atoms with E-state index in [-0.39, 0.29) is 0 Å². The van der Waals surface area contributed by atoms with Crippen LogP contribution in [0.3, 0.4) is 0 Å². The molecule has 5 nitrogen and oxygen atoms in total. The number of carbonyl (C=O) groups is 1. The minimum Gasteiger partial charge on any atom is -0.490 e. The molecule has 0 heterocycles. The lowest BCUT2D eigenvalue weighted by atomic mass is 10.2. The number of hydrogen-bond donors (Lipinski definition) is 2. The molecule has 0 aliphatic rings. The molecule has 0 unspecified atom stereocenters. The van der Waals surface area contributed by atoms with Crippen LogP contribution in [0, 0.1) is 0 Å². The molecule has 112 valence electrons. The Kier molecular flexibility index (Phi) is 5.75. The van der Waals surface area contributed by atoms with Crippen molar-refractivity contribution in [2.24, 2.45) is 5.10 Å². The fraction of sp³-hybridized carbons (Fsp3) is 0.0588. The van der Waals surface area contributed by atoms with E-state index in [4.69, 9.17) is 4.74 Å². The summed E-state index contributed by atoms with van der Waals surface area (Å²) in [6.45, 7) is 4.04. The molecule has 0 saturated carbocycles. The van der Waals surface area contributed by atoms with Gasteiger partial charge in [0, 0.05) is 5.69 Å². The molecule has 22 heavy (non-hydrogen) atoms. The van der Waals surface area contributed by atoms with Gasteiger partial charge in [0.2, 0.25) is 0 Å². The summed E-state index contributed by atoms with van der Waals surface area (Å²) < 4.78 is 5.42. The van der Waals surface area contributed by atoms with Crippen molar-refractivity contribution in [2.75, 3.05) is 11.9 Å². The topological polar surface area (TPSA) is 62.7 Å². The third-order valence-electron chi connectivity index (χ3n) is 2.64. The first-order valence-corrected chi connectivity index (χ1v) is 6.77. The molecular formula is C17H17N3O2. The number of carbonyl (C=O) groups excluding carboxylic acids is 1. The highest BCUT2D eigenvalue weighted by atomic mass is 16.5. The van der Waals surface area contributed by atoms with E-state index < -0.39 is 6.03 Å². The smallest absolute Gasteiger partial charge is 0.339 e. The van der Waals surface area contributed by atoms with Gasteiger partial charge < -0.3 is 10.1 Å². The SMILES string of the molecule is C=CCOc1cccc(/C=N\NC(=O)Nc2ccccc2)c1. The summed E-state index contributed by atoms with van der Waals surface area (Å²) in [7, 11) is 0. The van der Waals surface area contributed by atoms with Gasteiger partial charge in [-0.25, -0.2) is 10.2 Å². The van der Waals surface area contributed by atoms with Gasteiger partial charge >= 0.3 is 6.03 Å². The highest BCUT2D eigenvalue weighted by molar-refractivity contribution is 5.90. The molecule has 0 aliphatic heterocycles. The number of nitrogens with zero attached hydrogens (tertiary/aromatic N) is 1. The molecule has 0 atom stereocenters. The molecule has 2 N–H and O–H groups in total. The molecule has 0 radical (unpaired) electrons. The first-order chi connectivity index (χ1) is 10.8. The van der Waals surface area contributed by atoms with Gasteiger partial charge in [-0.2, -0.15) is 5.10 Å². The molecule has 0 saturated heterocycles. The van der Waals surface area contributed by atoms with Gasteiger partial charge in [-0.05, 0) is 29.8 Å². The Labute approximate surface area is 129 Å². The Balaban J connectivity index is 1.86. The van der Waals surface area contributed by atoms with Gasteiger partial charge in [0.1, 0.15) is 12.4 Å². The molecule has 0 fully saturated rings. The summed E-state index contributed by atoms with van der Waals surface area (Å²) in [6, 6.07) is 16.1. The fourth-order valence-corrected chi connectivity index (χ4v) is 1.69. The zero-order chi connectivity index (χ0) is 15.6. The van der Waals surface area contributed by atoms with Crippen LogP contribution < -0.4 is 15.5 Å². The number of nitrogens with one attached hydrogen (secondary N) is 2. The monoisotopic (exact) mass is 295 g/mol. The van der Waals surface area contributed by atoms with Crippen LogP contribution in [0.2, 0.25) is 0 Å². The van der Waals surface area contributed by atoms with Crippen molar-refractivity contribution in [1.82, 2.24) is 5.43 Å². The lowest BCUT2D eigenvalue weighted by molar-refractivity contribution is 0.252. The van der Waals surface area contributed by atoms with Crippen molar-refractivity contribution in [3.63, 3.8) is 0 Å². The molecule has 2 rings (SSSR count). The molecular weight excluding hydrogens is 278 g/mol. The Hall–Kier alpha value is -3.08. The average molecular weight is 295 g/mol. The third kappa shape index (κ3) is 5.13. The maximum atomic E-state index is 11.6. The predicted octanol–water partition coefficient (Wildman–Crippen LogP) is 3.41. The third-order valence-corrected chi connectivity index (χ3v) is 2.64. The number of benzene rings is 2. The van der Waals surface area contributed by atoms with E-state index in [0.29, 0.717) is 12.3 Å². The van der Waals surface area contributed by atoms with Crippen LogP contribution in [-0.2, 0) is 0 Å². The molecule has 2 aromatic rings. The van der Waals surface area contributed by atoms with Crippen LogP contribution in [-0.4, -0.2) is 18.9 Å². The molecule has 0 bridgehead atoms. The Morgan fingerprint density at radius 3 is 2.77 bits per heavy atom. The van der Waals surface area contributed by atoms with Gasteiger partial charge in [0.05, 0.1) is 6.21 Å². The first kappa shape index (κ1) is 15.3. The second kappa shape index (κ2) is 8.26. The highest BCUT2D eigenvalue weighted by Gasteiger charge is 1.98. The van der Waals surface area contributed by atoms with Crippen LogP contribution in [0.1, 0.15) is 5.56 Å². The van der Waals surface area contributed by atoms with Gasteiger partial charge in [-0.3, -0.25) is 0 Å². The van der Waals surface area contributed by atoms with Crippen LogP contribution in [0.15, 0.2) is 72.4 Å². The summed E-state index contributed by atoms with van der Waals surface area (Å²) in [5.74, 6) is 0.720.